The summed E-state index contributed by atoms with van der Waals surface area (Å²) in [4.78, 5) is 11.5. The molecule has 84 valence electrons. The molecule has 0 fully saturated rings. The van der Waals surface area contributed by atoms with E-state index in [1.165, 1.54) is 6.20 Å². The highest BCUT2D eigenvalue weighted by Gasteiger charge is 2.06. The topological polar surface area (TPSA) is 44.1 Å². The highest BCUT2D eigenvalue weighted by Crippen LogP contribution is 2.14. The van der Waals surface area contributed by atoms with Gasteiger partial charge in [-0.1, -0.05) is 36.5 Å². The zero-order valence-electron chi connectivity index (χ0n) is 8.37. The molecule has 6 heteroatoms. The molecule has 1 aromatic heterocycles. The zero-order valence-corrected chi connectivity index (χ0v) is 9.88. The molecule has 1 aromatic rings. The molecule has 0 atom stereocenters. The van der Waals surface area contributed by atoms with E-state index in [4.69, 9.17) is 27.9 Å². The van der Waals surface area contributed by atoms with Crippen LogP contribution in [0.2, 0.25) is 10.0 Å². The number of rotatable bonds is 5. The second kappa shape index (κ2) is 6.10. The lowest BCUT2D eigenvalue weighted by Gasteiger charge is -2.05. The van der Waals surface area contributed by atoms with E-state index in [-0.39, 0.29) is 16.8 Å². The van der Waals surface area contributed by atoms with Crippen LogP contribution in [0, 0.1) is 0 Å². The molecule has 0 saturated heterocycles. The lowest BCUT2D eigenvalue weighted by Crippen LogP contribution is -2.24. The summed E-state index contributed by atoms with van der Waals surface area (Å²) in [5.74, 6) is 0. The molecular formula is C9H12Cl2N2O2. The molecule has 0 unspecified atom stereocenters. The minimum absolute atomic E-state index is 0.0224. The second-order valence-electron chi connectivity index (χ2n) is 3.00. The van der Waals surface area contributed by atoms with Crippen molar-refractivity contribution in [3.8, 4) is 0 Å². The number of ether oxygens (including phenoxy) is 1. The van der Waals surface area contributed by atoms with Crippen molar-refractivity contribution in [1.82, 2.24) is 9.78 Å². The number of aromatic nitrogens is 2. The normalized spacial score (nSPS) is 10.6. The Morgan fingerprint density at radius 3 is 2.93 bits per heavy atom. The molecule has 0 aliphatic heterocycles. The van der Waals surface area contributed by atoms with E-state index in [0.717, 1.165) is 17.5 Å². The Morgan fingerprint density at radius 1 is 1.53 bits per heavy atom. The number of nitrogens with zero attached hydrogens (tertiary/aromatic N) is 2. The fourth-order valence-electron chi connectivity index (χ4n) is 0.934. The first-order valence-electron chi connectivity index (χ1n) is 4.65. The van der Waals surface area contributed by atoms with Crippen LogP contribution >= 0.6 is 23.2 Å². The number of unbranched alkanes of at least 4 members (excludes halogenated alkanes) is 1. The fourth-order valence-corrected chi connectivity index (χ4v) is 1.21. The molecule has 0 aliphatic rings. The van der Waals surface area contributed by atoms with Crippen LogP contribution in [0.1, 0.15) is 19.8 Å². The molecule has 4 nitrogen and oxygen atoms in total. The van der Waals surface area contributed by atoms with Crippen LogP contribution in [0.5, 0.6) is 0 Å². The average Bonchev–Trinajstić information content (AvgIpc) is 2.24. The van der Waals surface area contributed by atoms with Crippen LogP contribution in [0.4, 0.5) is 0 Å². The summed E-state index contributed by atoms with van der Waals surface area (Å²) in [6.45, 7) is 2.77. The lowest BCUT2D eigenvalue weighted by atomic mass is 10.4. The van der Waals surface area contributed by atoms with Gasteiger partial charge >= 0.3 is 0 Å². The maximum atomic E-state index is 11.5. The molecule has 1 heterocycles. The van der Waals surface area contributed by atoms with E-state index in [1.54, 1.807) is 0 Å². The Bertz CT molecular complexity index is 379. The summed E-state index contributed by atoms with van der Waals surface area (Å²) in [7, 11) is 0. The third kappa shape index (κ3) is 3.48. The van der Waals surface area contributed by atoms with E-state index in [9.17, 15) is 4.79 Å². The van der Waals surface area contributed by atoms with E-state index in [2.05, 4.69) is 12.0 Å². The molecule has 0 radical (unpaired) electrons. The highest BCUT2D eigenvalue weighted by atomic mass is 35.5. The molecule has 0 bridgehead atoms. The van der Waals surface area contributed by atoms with E-state index in [1.807, 2.05) is 0 Å². The highest BCUT2D eigenvalue weighted by molar-refractivity contribution is 6.41. The Morgan fingerprint density at radius 2 is 2.27 bits per heavy atom. The summed E-state index contributed by atoms with van der Waals surface area (Å²) >= 11 is 11.3. The quantitative estimate of drug-likeness (QED) is 0.754. The predicted octanol–water partition coefficient (Wildman–Crippen LogP) is 2.32. The molecule has 0 saturated carbocycles. The van der Waals surface area contributed by atoms with Gasteiger partial charge in [0.05, 0.1) is 11.2 Å². The van der Waals surface area contributed by atoms with Crippen molar-refractivity contribution in [1.29, 1.82) is 0 Å². The van der Waals surface area contributed by atoms with Gasteiger partial charge < -0.3 is 4.74 Å². The Labute approximate surface area is 97.8 Å². The van der Waals surface area contributed by atoms with Crippen LogP contribution in [0.3, 0.4) is 0 Å². The van der Waals surface area contributed by atoms with Gasteiger partial charge in [0.1, 0.15) is 11.8 Å². The smallest absolute Gasteiger partial charge is 0.289 e. The summed E-state index contributed by atoms with van der Waals surface area (Å²) in [6, 6.07) is 0. The van der Waals surface area contributed by atoms with Gasteiger partial charge in [0, 0.05) is 6.61 Å². The minimum atomic E-state index is -0.430. The SMILES string of the molecule is CCCCOCn1ncc(Cl)c(Cl)c1=O. The van der Waals surface area contributed by atoms with Crippen molar-refractivity contribution < 1.29 is 4.74 Å². The first-order chi connectivity index (χ1) is 7.16. The molecule has 1 rings (SSSR count). The van der Waals surface area contributed by atoms with Gasteiger partial charge in [-0.25, -0.2) is 4.68 Å². The van der Waals surface area contributed by atoms with Gasteiger partial charge in [-0.2, -0.15) is 5.10 Å². The second-order valence-corrected chi connectivity index (χ2v) is 3.79. The third-order valence-corrected chi connectivity index (χ3v) is 2.55. The first kappa shape index (κ1) is 12.5. The summed E-state index contributed by atoms with van der Waals surface area (Å²) in [5, 5.41) is 3.94. The van der Waals surface area contributed by atoms with Gasteiger partial charge in [0.2, 0.25) is 0 Å². The zero-order chi connectivity index (χ0) is 11.3. The van der Waals surface area contributed by atoms with Gasteiger partial charge in [0.25, 0.3) is 5.56 Å². The maximum Gasteiger partial charge on any atom is 0.289 e. The van der Waals surface area contributed by atoms with Crippen molar-refractivity contribution in [3.05, 3.63) is 26.6 Å². The molecule has 0 spiro atoms. The Kier molecular flexibility index (Phi) is 5.08. The van der Waals surface area contributed by atoms with Crippen molar-refractivity contribution in [2.24, 2.45) is 0 Å². The Hall–Kier alpha value is -0.580. The monoisotopic (exact) mass is 250 g/mol. The summed E-state index contributed by atoms with van der Waals surface area (Å²) in [5.41, 5.74) is -0.430. The largest absolute Gasteiger partial charge is 0.359 e. The lowest BCUT2D eigenvalue weighted by molar-refractivity contribution is 0.0635. The summed E-state index contributed by atoms with van der Waals surface area (Å²) in [6.07, 6.45) is 3.33. The molecule has 0 N–H and O–H groups in total. The van der Waals surface area contributed by atoms with Crippen molar-refractivity contribution in [2.45, 2.75) is 26.5 Å². The van der Waals surface area contributed by atoms with Crippen LogP contribution in [0.15, 0.2) is 11.0 Å². The van der Waals surface area contributed by atoms with Crippen LogP contribution in [0.25, 0.3) is 0 Å². The first-order valence-corrected chi connectivity index (χ1v) is 5.41. The standard InChI is InChI=1S/C9H12Cl2N2O2/c1-2-3-4-15-6-13-9(14)8(11)7(10)5-12-13/h5H,2-4,6H2,1H3. The molecule has 0 aromatic carbocycles. The van der Waals surface area contributed by atoms with Gasteiger partial charge in [-0.3, -0.25) is 4.79 Å². The van der Waals surface area contributed by atoms with E-state index >= 15 is 0 Å². The minimum Gasteiger partial charge on any atom is -0.359 e. The molecule has 15 heavy (non-hydrogen) atoms. The summed E-state index contributed by atoms with van der Waals surface area (Å²) < 4.78 is 6.38. The fraction of sp³-hybridized carbons (Fsp3) is 0.556. The van der Waals surface area contributed by atoms with Gasteiger partial charge in [0.15, 0.2) is 0 Å². The van der Waals surface area contributed by atoms with E-state index in [0.29, 0.717) is 6.61 Å². The van der Waals surface area contributed by atoms with Crippen LogP contribution in [-0.4, -0.2) is 16.4 Å². The van der Waals surface area contributed by atoms with Crippen molar-refractivity contribution in [3.63, 3.8) is 0 Å². The maximum absolute atomic E-state index is 11.5. The van der Waals surface area contributed by atoms with Crippen molar-refractivity contribution in [2.75, 3.05) is 6.61 Å². The molecule has 0 amide bonds. The third-order valence-electron chi connectivity index (χ3n) is 1.80. The van der Waals surface area contributed by atoms with Gasteiger partial charge in [-0.15, -0.1) is 0 Å². The number of hydrogen-bond acceptors (Lipinski definition) is 3. The van der Waals surface area contributed by atoms with Crippen LogP contribution < -0.4 is 5.56 Å². The number of hydrogen-bond donors (Lipinski definition) is 0. The molecule has 0 aliphatic carbocycles. The molecular weight excluding hydrogens is 239 g/mol. The predicted molar refractivity (Wildman–Crippen MR) is 59.4 cm³/mol. The van der Waals surface area contributed by atoms with Crippen molar-refractivity contribution >= 4 is 23.2 Å². The number of halogens is 2. The van der Waals surface area contributed by atoms with Gasteiger partial charge in [-0.05, 0) is 6.42 Å². The average molecular weight is 251 g/mol. The van der Waals surface area contributed by atoms with E-state index < -0.39 is 5.56 Å². The van der Waals surface area contributed by atoms with Crippen LogP contribution in [-0.2, 0) is 11.5 Å². The Balaban J connectivity index is 2.63.